The molecule has 132 valence electrons. The van der Waals surface area contributed by atoms with Crippen LogP contribution in [0.5, 0.6) is 11.8 Å². The number of hydrogen-bond acceptors (Lipinski definition) is 6. The van der Waals surface area contributed by atoms with Crippen molar-refractivity contribution in [2.24, 2.45) is 5.92 Å². The van der Waals surface area contributed by atoms with E-state index in [1.165, 1.54) is 12.4 Å². The molecule has 1 fully saturated rings. The molecule has 0 N–H and O–H groups in total. The van der Waals surface area contributed by atoms with Crippen LogP contribution in [0.15, 0.2) is 30.6 Å². The van der Waals surface area contributed by atoms with Gasteiger partial charge in [0.15, 0.2) is 0 Å². The van der Waals surface area contributed by atoms with Gasteiger partial charge in [-0.2, -0.15) is 5.26 Å². The van der Waals surface area contributed by atoms with Crippen molar-refractivity contribution in [1.29, 1.82) is 5.26 Å². The highest BCUT2D eigenvalue weighted by Crippen LogP contribution is 2.29. The second-order valence-electron chi connectivity index (χ2n) is 5.99. The van der Waals surface area contributed by atoms with Crippen LogP contribution in [0.4, 0.5) is 5.69 Å². The lowest BCUT2D eigenvalue weighted by atomic mass is 10.1. The Hall–Kier alpha value is -3.27. The lowest BCUT2D eigenvalue weighted by Gasteiger charge is -2.14. The van der Waals surface area contributed by atoms with Gasteiger partial charge >= 0.3 is 6.01 Å². The van der Waals surface area contributed by atoms with Crippen LogP contribution in [0.2, 0.25) is 0 Å². The number of carbonyl (C=O) groups excluding carboxylic acids is 2. The SMILES string of the molecule is CCc1cc(C#N)ccc1Oc1ncc(N2C(=O)C[C@H](CC)C2=O)cn1. The fraction of sp³-hybridized carbons (Fsp3) is 0.316. The van der Waals surface area contributed by atoms with E-state index >= 15 is 0 Å². The predicted molar refractivity (Wildman–Crippen MR) is 93.5 cm³/mol. The monoisotopic (exact) mass is 350 g/mol. The van der Waals surface area contributed by atoms with Gasteiger partial charge in [-0.15, -0.1) is 0 Å². The highest BCUT2D eigenvalue weighted by molar-refractivity contribution is 6.20. The number of nitrogens with zero attached hydrogens (tertiary/aromatic N) is 4. The Bertz CT molecular complexity index is 887. The van der Waals surface area contributed by atoms with E-state index in [2.05, 4.69) is 16.0 Å². The Morgan fingerprint density at radius 3 is 2.58 bits per heavy atom. The second-order valence-corrected chi connectivity index (χ2v) is 5.99. The van der Waals surface area contributed by atoms with Crippen molar-refractivity contribution in [2.75, 3.05) is 4.90 Å². The predicted octanol–water partition coefficient (Wildman–Crippen LogP) is 2.99. The van der Waals surface area contributed by atoms with Crippen LogP contribution in [0.1, 0.15) is 37.8 Å². The van der Waals surface area contributed by atoms with Crippen LogP contribution in [0, 0.1) is 17.2 Å². The standard InChI is InChI=1S/C19H18N4O3/c1-3-13-7-12(9-20)5-6-16(13)26-19-21-10-15(11-22-19)23-17(24)8-14(4-2)18(23)25/h5-7,10-11,14H,3-4,8H2,1-2H3/t14-/m0/s1. The zero-order valence-corrected chi connectivity index (χ0v) is 14.6. The van der Waals surface area contributed by atoms with Gasteiger partial charge in [0.2, 0.25) is 11.8 Å². The number of hydrogen-bond donors (Lipinski definition) is 0. The Balaban J connectivity index is 1.80. The van der Waals surface area contributed by atoms with Crippen molar-refractivity contribution >= 4 is 17.5 Å². The topological polar surface area (TPSA) is 96.2 Å². The minimum atomic E-state index is -0.274. The third-order valence-corrected chi connectivity index (χ3v) is 4.38. The highest BCUT2D eigenvalue weighted by Gasteiger charge is 2.38. The average molecular weight is 350 g/mol. The van der Waals surface area contributed by atoms with Crippen molar-refractivity contribution in [3.63, 3.8) is 0 Å². The van der Waals surface area contributed by atoms with Gasteiger partial charge in [0.05, 0.1) is 29.7 Å². The Morgan fingerprint density at radius 1 is 1.27 bits per heavy atom. The molecule has 0 bridgehead atoms. The van der Waals surface area contributed by atoms with Crippen LogP contribution in [0.25, 0.3) is 0 Å². The number of nitriles is 1. The van der Waals surface area contributed by atoms with Crippen molar-refractivity contribution in [2.45, 2.75) is 33.1 Å². The molecule has 1 saturated heterocycles. The van der Waals surface area contributed by atoms with Crippen molar-refractivity contribution < 1.29 is 14.3 Å². The summed E-state index contributed by atoms with van der Waals surface area (Å²) in [5.41, 5.74) is 1.77. The number of amides is 2. The maximum Gasteiger partial charge on any atom is 0.322 e. The van der Waals surface area contributed by atoms with Crippen LogP contribution in [0.3, 0.4) is 0 Å². The fourth-order valence-corrected chi connectivity index (χ4v) is 2.89. The van der Waals surface area contributed by atoms with Gasteiger partial charge in [-0.3, -0.25) is 9.59 Å². The summed E-state index contributed by atoms with van der Waals surface area (Å²) in [4.78, 5) is 33.7. The first-order valence-electron chi connectivity index (χ1n) is 8.47. The number of anilines is 1. The number of benzene rings is 1. The van der Waals surface area contributed by atoms with E-state index < -0.39 is 0 Å². The van der Waals surface area contributed by atoms with Crippen molar-refractivity contribution in [3.05, 3.63) is 41.7 Å². The highest BCUT2D eigenvalue weighted by atomic mass is 16.5. The van der Waals surface area contributed by atoms with Gasteiger partial charge in [-0.05, 0) is 36.6 Å². The molecule has 0 unspecified atom stereocenters. The summed E-state index contributed by atoms with van der Waals surface area (Å²) in [6.45, 7) is 3.84. The maximum absolute atomic E-state index is 12.3. The molecule has 1 aromatic heterocycles. The maximum atomic E-state index is 12.3. The van der Waals surface area contributed by atoms with Gasteiger partial charge < -0.3 is 4.74 Å². The molecule has 0 aliphatic carbocycles. The molecule has 7 nitrogen and oxygen atoms in total. The summed E-state index contributed by atoms with van der Waals surface area (Å²) in [6, 6.07) is 7.33. The van der Waals surface area contributed by atoms with Gasteiger partial charge in [-0.1, -0.05) is 13.8 Å². The molecule has 1 aliphatic heterocycles. The molecule has 2 amide bonds. The second kappa shape index (κ2) is 7.31. The first-order chi connectivity index (χ1) is 12.6. The number of imide groups is 1. The van der Waals surface area contributed by atoms with Crippen LogP contribution >= 0.6 is 0 Å². The number of carbonyl (C=O) groups is 2. The summed E-state index contributed by atoms with van der Waals surface area (Å²) >= 11 is 0. The summed E-state index contributed by atoms with van der Waals surface area (Å²) in [6.07, 6.45) is 4.36. The lowest BCUT2D eigenvalue weighted by Crippen LogP contribution is -2.30. The average Bonchev–Trinajstić information content (AvgIpc) is 2.96. The van der Waals surface area contributed by atoms with Gasteiger partial charge in [0.25, 0.3) is 0 Å². The molecule has 0 radical (unpaired) electrons. The van der Waals surface area contributed by atoms with Crippen molar-refractivity contribution in [3.8, 4) is 17.8 Å². The molecule has 3 rings (SSSR count). The Labute approximate surface area is 151 Å². The summed E-state index contributed by atoms with van der Waals surface area (Å²) in [5, 5.41) is 8.98. The Kier molecular flexibility index (Phi) is 4.94. The van der Waals surface area contributed by atoms with Crippen molar-refractivity contribution in [1.82, 2.24) is 9.97 Å². The molecular weight excluding hydrogens is 332 g/mol. The van der Waals surface area contributed by atoms with E-state index in [1.807, 2.05) is 13.8 Å². The molecule has 0 saturated carbocycles. The zero-order valence-electron chi connectivity index (χ0n) is 14.6. The third-order valence-electron chi connectivity index (χ3n) is 4.38. The fourth-order valence-electron chi connectivity index (χ4n) is 2.89. The quantitative estimate of drug-likeness (QED) is 0.769. The molecule has 1 aliphatic rings. The molecule has 7 heteroatoms. The van der Waals surface area contributed by atoms with Crippen LogP contribution in [-0.4, -0.2) is 21.8 Å². The summed E-state index contributed by atoms with van der Waals surface area (Å²) in [7, 11) is 0. The number of rotatable bonds is 5. The van der Waals surface area contributed by atoms with E-state index in [9.17, 15) is 9.59 Å². The molecular formula is C19H18N4O3. The summed E-state index contributed by atoms with van der Waals surface area (Å²) in [5.74, 6) is -0.155. The molecule has 26 heavy (non-hydrogen) atoms. The number of aryl methyl sites for hydroxylation is 1. The first kappa shape index (κ1) is 17.5. The molecule has 2 aromatic rings. The van der Waals surface area contributed by atoms with Crippen LogP contribution < -0.4 is 9.64 Å². The van der Waals surface area contributed by atoms with Gasteiger partial charge in [0.1, 0.15) is 5.75 Å². The van der Waals surface area contributed by atoms with E-state index in [-0.39, 0.29) is 30.2 Å². The molecule has 0 spiro atoms. The minimum absolute atomic E-state index is 0.110. The Morgan fingerprint density at radius 2 is 2.00 bits per heavy atom. The van der Waals surface area contributed by atoms with E-state index in [1.54, 1.807) is 18.2 Å². The van der Waals surface area contributed by atoms with Gasteiger partial charge in [-0.25, -0.2) is 14.9 Å². The van der Waals surface area contributed by atoms with E-state index in [0.29, 0.717) is 29.8 Å². The smallest absolute Gasteiger partial charge is 0.322 e. The zero-order chi connectivity index (χ0) is 18.7. The molecule has 1 aromatic carbocycles. The van der Waals surface area contributed by atoms with Gasteiger partial charge in [0, 0.05) is 12.3 Å². The van der Waals surface area contributed by atoms with Crippen LogP contribution in [-0.2, 0) is 16.0 Å². The molecule has 2 heterocycles. The third kappa shape index (κ3) is 3.26. The van der Waals surface area contributed by atoms with E-state index in [4.69, 9.17) is 10.00 Å². The molecule has 1 atom stereocenters. The normalized spacial score (nSPS) is 16.7. The largest absolute Gasteiger partial charge is 0.424 e. The minimum Gasteiger partial charge on any atom is -0.424 e. The first-order valence-corrected chi connectivity index (χ1v) is 8.47. The lowest BCUT2D eigenvalue weighted by molar-refractivity contribution is -0.122. The number of ether oxygens (including phenoxy) is 1. The number of aromatic nitrogens is 2. The van der Waals surface area contributed by atoms with E-state index in [0.717, 1.165) is 10.5 Å². The summed E-state index contributed by atoms with van der Waals surface area (Å²) < 4.78 is 5.69.